The van der Waals surface area contributed by atoms with Crippen LogP contribution in [0.3, 0.4) is 0 Å². The predicted molar refractivity (Wildman–Crippen MR) is 88.4 cm³/mol. The van der Waals surface area contributed by atoms with Crippen LogP contribution in [0.1, 0.15) is 27.4 Å². The fourth-order valence-corrected chi connectivity index (χ4v) is 2.44. The molecule has 124 valence electrons. The summed E-state index contributed by atoms with van der Waals surface area (Å²) in [5, 5.41) is 11.1. The molecule has 0 atom stereocenters. The van der Waals surface area contributed by atoms with Gasteiger partial charge < -0.3 is 5.32 Å². The lowest BCUT2D eigenvalue weighted by Crippen LogP contribution is -2.16. The molecule has 0 unspecified atom stereocenters. The van der Waals surface area contributed by atoms with Crippen molar-refractivity contribution >= 4 is 11.6 Å². The van der Waals surface area contributed by atoms with E-state index in [0.29, 0.717) is 6.67 Å². The van der Waals surface area contributed by atoms with Gasteiger partial charge in [0, 0.05) is 11.9 Å². The number of hydrogen-bond acceptors (Lipinski definition) is 3. The lowest BCUT2D eigenvalue weighted by Gasteiger charge is -2.06. The van der Waals surface area contributed by atoms with E-state index in [1.807, 2.05) is 26.8 Å². The van der Waals surface area contributed by atoms with Gasteiger partial charge in [0.25, 0.3) is 5.91 Å². The van der Waals surface area contributed by atoms with Gasteiger partial charge in [-0.2, -0.15) is 10.2 Å². The molecule has 7 heteroatoms. The Labute approximate surface area is 138 Å². The zero-order valence-corrected chi connectivity index (χ0v) is 13.7. The van der Waals surface area contributed by atoms with Crippen molar-refractivity contribution in [3.63, 3.8) is 0 Å². The second-order valence-corrected chi connectivity index (χ2v) is 5.75. The maximum absolute atomic E-state index is 13.7. The van der Waals surface area contributed by atoms with Crippen molar-refractivity contribution in [2.24, 2.45) is 0 Å². The average molecular weight is 327 g/mol. The standard InChI is InChI=1S/C17H18FN5O/c1-11-4-5-14(18)16(8-11)19-17(24)15-6-7-22(21-15)10-23-13(3)9-12(2)20-23/h4-9H,10H2,1-3H3,(H,19,24). The highest BCUT2D eigenvalue weighted by atomic mass is 19.1. The monoisotopic (exact) mass is 327 g/mol. The van der Waals surface area contributed by atoms with E-state index in [1.54, 1.807) is 33.8 Å². The molecule has 1 N–H and O–H groups in total. The minimum absolute atomic E-state index is 0.146. The van der Waals surface area contributed by atoms with E-state index < -0.39 is 11.7 Å². The van der Waals surface area contributed by atoms with Gasteiger partial charge in [-0.15, -0.1) is 0 Å². The number of halogens is 1. The molecule has 0 spiro atoms. The maximum Gasteiger partial charge on any atom is 0.276 e. The minimum Gasteiger partial charge on any atom is -0.318 e. The van der Waals surface area contributed by atoms with Crippen LogP contribution in [0.2, 0.25) is 0 Å². The van der Waals surface area contributed by atoms with Gasteiger partial charge >= 0.3 is 0 Å². The Balaban J connectivity index is 1.74. The van der Waals surface area contributed by atoms with Crippen molar-refractivity contribution < 1.29 is 9.18 Å². The van der Waals surface area contributed by atoms with Gasteiger partial charge in [0.15, 0.2) is 5.69 Å². The molecule has 0 aliphatic heterocycles. The summed E-state index contributed by atoms with van der Waals surface area (Å²) in [6.45, 7) is 6.11. The van der Waals surface area contributed by atoms with Crippen LogP contribution in [0, 0.1) is 26.6 Å². The third kappa shape index (κ3) is 3.34. The number of nitrogens with zero attached hydrogens (tertiary/aromatic N) is 4. The Hall–Kier alpha value is -2.96. The normalized spacial score (nSPS) is 10.8. The third-order valence-corrected chi connectivity index (χ3v) is 3.63. The van der Waals surface area contributed by atoms with Crippen molar-refractivity contribution in [2.45, 2.75) is 27.4 Å². The van der Waals surface area contributed by atoms with Crippen LogP contribution in [0.25, 0.3) is 0 Å². The Morgan fingerprint density at radius 3 is 2.67 bits per heavy atom. The molecule has 0 aliphatic carbocycles. The summed E-state index contributed by atoms with van der Waals surface area (Å²) in [7, 11) is 0. The van der Waals surface area contributed by atoms with E-state index in [4.69, 9.17) is 0 Å². The van der Waals surface area contributed by atoms with Gasteiger partial charge in [0.2, 0.25) is 0 Å². The van der Waals surface area contributed by atoms with Crippen molar-refractivity contribution in [1.82, 2.24) is 19.6 Å². The highest BCUT2D eigenvalue weighted by Gasteiger charge is 2.13. The molecule has 0 saturated heterocycles. The number of aromatic nitrogens is 4. The van der Waals surface area contributed by atoms with Crippen molar-refractivity contribution in [1.29, 1.82) is 0 Å². The number of rotatable bonds is 4. The molecule has 3 aromatic rings. The van der Waals surface area contributed by atoms with E-state index >= 15 is 0 Å². The molecule has 0 radical (unpaired) electrons. The largest absolute Gasteiger partial charge is 0.318 e. The summed E-state index contributed by atoms with van der Waals surface area (Å²) in [5.74, 6) is -0.928. The zero-order chi connectivity index (χ0) is 17.3. The van der Waals surface area contributed by atoms with E-state index in [1.165, 1.54) is 6.07 Å². The fraction of sp³-hybridized carbons (Fsp3) is 0.235. The number of carbonyl (C=O) groups excluding carboxylic acids is 1. The molecule has 6 nitrogen and oxygen atoms in total. The Kier molecular flexibility index (Phi) is 4.16. The Morgan fingerprint density at radius 2 is 1.96 bits per heavy atom. The Morgan fingerprint density at radius 1 is 1.17 bits per heavy atom. The number of hydrogen-bond donors (Lipinski definition) is 1. The van der Waals surface area contributed by atoms with Crippen molar-refractivity contribution in [2.75, 3.05) is 5.32 Å². The topological polar surface area (TPSA) is 64.7 Å². The van der Waals surface area contributed by atoms with Crippen LogP contribution < -0.4 is 5.32 Å². The van der Waals surface area contributed by atoms with Crippen LogP contribution in [0.5, 0.6) is 0 Å². The molecule has 3 rings (SSSR count). The number of aryl methyl sites for hydroxylation is 3. The molecule has 24 heavy (non-hydrogen) atoms. The van der Waals surface area contributed by atoms with E-state index in [-0.39, 0.29) is 11.4 Å². The summed E-state index contributed by atoms with van der Waals surface area (Å²) < 4.78 is 17.1. The van der Waals surface area contributed by atoms with Crippen LogP contribution in [-0.4, -0.2) is 25.5 Å². The van der Waals surface area contributed by atoms with Crippen molar-refractivity contribution in [3.05, 3.63) is 65.0 Å². The number of nitrogens with one attached hydrogen (secondary N) is 1. The molecule has 0 fully saturated rings. The number of benzene rings is 1. The Bertz CT molecular complexity index is 896. The summed E-state index contributed by atoms with van der Waals surface area (Å²) in [6.07, 6.45) is 1.69. The smallest absolute Gasteiger partial charge is 0.276 e. The first-order valence-electron chi connectivity index (χ1n) is 7.54. The van der Waals surface area contributed by atoms with Crippen LogP contribution in [0.15, 0.2) is 36.5 Å². The second-order valence-electron chi connectivity index (χ2n) is 5.75. The average Bonchev–Trinajstić information content (AvgIpc) is 3.10. The molecular formula is C17H18FN5O. The van der Waals surface area contributed by atoms with Gasteiger partial charge in [0.1, 0.15) is 12.5 Å². The first-order valence-corrected chi connectivity index (χ1v) is 7.54. The zero-order valence-electron chi connectivity index (χ0n) is 13.7. The third-order valence-electron chi connectivity index (χ3n) is 3.63. The second kappa shape index (κ2) is 6.27. The fourth-order valence-electron chi connectivity index (χ4n) is 2.44. The summed E-state index contributed by atoms with van der Waals surface area (Å²) in [5.41, 5.74) is 3.16. The number of amides is 1. The molecule has 2 aromatic heterocycles. The van der Waals surface area contributed by atoms with E-state index in [0.717, 1.165) is 17.0 Å². The van der Waals surface area contributed by atoms with Crippen LogP contribution in [-0.2, 0) is 6.67 Å². The molecule has 1 amide bonds. The lowest BCUT2D eigenvalue weighted by molar-refractivity contribution is 0.102. The van der Waals surface area contributed by atoms with Crippen LogP contribution in [0.4, 0.5) is 10.1 Å². The lowest BCUT2D eigenvalue weighted by atomic mass is 10.2. The van der Waals surface area contributed by atoms with E-state index in [2.05, 4.69) is 15.5 Å². The highest BCUT2D eigenvalue weighted by molar-refractivity contribution is 6.02. The molecule has 2 heterocycles. The minimum atomic E-state index is -0.476. The SMILES string of the molecule is Cc1ccc(F)c(NC(=O)c2ccn(Cn3nc(C)cc3C)n2)c1. The maximum atomic E-state index is 13.7. The molecular weight excluding hydrogens is 309 g/mol. The van der Waals surface area contributed by atoms with Crippen LogP contribution >= 0.6 is 0 Å². The summed E-state index contributed by atoms with van der Waals surface area (Å²) >= 11 is 0. The van der Waals surface area contributed by atoms with Gasteiger partial charge in [-0.3, -0.25) is 9.48 Å². The van der Waals surface area contributed by atoms with Gasteiger partial charge in [-0.05, 0) is 50.6 Å². The molecule has 0 saturated carbocycles. The summed E-state index contributed by atoms with van der Waals surface area (Å²) in [4.78, 5) is 12.2. The van der Waals surface area contributed by atoms with Gasteiger partial charge in [-0.25, -0.2) is 9.07 Å². The highest BCUT2D eigenvalue weighted by Crippen LogP contribution is 2.16. The van der Waals surface area contributed by atoms with Gasteiger partial charge in [0.05, 0.1) is 11.4 Å². The van der Waals surface area contributed by atoms with Crippen molar-refractivity contribution in [3.8, 4) is 0 Å². The predicted octanol–water partition coefficient (Wildman–Crippen LogP) is 2.90. The number of anilines is 1. The molecule has 0 aliphatic rings. The van der Waals surface area contributed by atoms with E-state index in [9.17, 15) is 9.18 Å². The first-order chi connectivity index (χ1) is 11.4. The molecule has 0 bridgehead atoms. The van der Waals surface area contributed by atoms with Gasteiger partial charge in [-0.1, -0.05) is 6.07 Å². The molecule has 1 aromatic carbocycles. The number of carbonyl (C=O) groups is 1. The first kappa shape index (κ1) is 15.9. The summed E-state index contributed by atoms with van der Waals surface area (Å²) in [6, 6.07) is 8.12. The quantitative estimate of drug-likeness (QED) is 0.801.